The van der Waals surface area contributed by atoms with E-state index in [9.17, 15) is 0 Å². The van der Waals surface area contributed by atoms with Gasteiger partial charge in [-0.3, -0.25) is 4.90 Å². The first-order valence-electron chi connectivity index (χ1n) is 10.8. The van der Waals surface area contributed by atoms with E-state index in [1.807, 2.05) is 0 Å². The van der Waals surface area contributed by atoms with Crippen LogP contribution >= 0.6 is 11.3 Å². The fourth-order valence-corrected chi connectivity index (χ4v) is 4.99. The van der Waals surface area contributed by atoms with Crippen molar-refractivity contribution in [3.63, 3.8) is 0 Å². The second kappa shape index (κ2) is 9.63. The monoisotopic (exact) mass is 421 g/mol. The molecule has 0 amide bonds. The van der Waals surface area contributed by atoms with Gasteiger partial charge < -0.3 is 9.64 Å². The number of methoxy groups -OCH3 is 1. The van der Waals surface area contributed by atoms with Gasteiger partial charge in [-0.15, -0.1) is 11.3 Å². The topological polar surface area (TPSA) is 28.6 Å². The molecule has 4 nitrogen and oxygen atoms in total. The molecule has 0 aliphatic carbocycles. The summed E-state index contributed by atoms with van der Waals surface area (Å²) in [4.78, 5) is 11.3. The number of nitrogens with zero attached hydrogens (tertiary/aromatic N) is 3. The van der Waals surface area contributed by atoms with Gasteiger partial charge in [0.05, 0.1) is 18.5 Å². The van der Waals surface area contributed by atoms with Crippen molar-refractivity contribution in [3.05, 3.63) is 64.7 Å². The zero-order chi connectivity index (χ0) is 20.9. The first-order valence-corrected chi connectivity index (χ1v) is 11.7. The average Bonchev–Trinajstić information content (AvgIpc) is 3.00. The van der Waals surface area contributed by atoms with E-state index in [-0.39, 0.29) is 0 Å². The second-order valence-electron chi connectivity index (χ2n) is 7.86. The van der Waals surface area contributed by atoms with E-state index in [4.69, 9.17) is 9.72 Å². The number of benzene rings is 2. The third kappa shape index (κ3) is 4.68. The summed E-state index contributed by atoms with van der Waals surface area (Å²) in [7, 11) is 1.77. The predicted octanol–water partition coefficient (Wildman–Crippen LogP) is 5.40. The van der Waals surface area contributed by atoms with Crippen LogP contribution in [0.2, 0.25) is 0 Å². The lowest BCUT2D eigenvalue weighted by Crippen LogP contribution is -2.31. The molecule has 1 aromatic heterocycles. The van der Waals surface area contributed by atoms with Crippen molar-refractivity contribution in [1.29, 1.82) is 0 Å². The average molecular weight is 422 g/mol. The number of ether oxygens (including phenoxy) is 1. The van der Waals surface area contributed by atoms with Crippen LogP contribution in [0.4, 0.5) is 5.69 Å². The molecule has 30 heavy (non-hydrogen) atoms. The summed E-state index contributed by atoms with van der Waals surface area (Å²) in [5, 5.41) is 1.13. The second-order valence-corrected chi connectivity index (χ2v) is 9.07. The Morgan fingerprint density at radius 2 is 1.87 bits per heavy atom. The number of aromatic nitrogens is 1. The van der Waals surface area contributed by atoms with Gasteiger partial charge in [0, 0.05) is 43.2 Å². The summed E-state index contributed by atoms with van der Waals surface area (Å²) < 4.78 is 5.66. The van der Waals surface area contributed by atoms with Gasteiger partial charge in [0.25, 0.3) is 0 Å². The number of rotatable bonds is 6. The molecule has 1 fully saturated rings. The maximum absolute atomic E-state index is 5.66. The van der Waals surface area contributed by atoms with Gasteiger partial charge in [0.2, 0.25) is 0 Å². The smallest absolute Gasteiger partial charge is 0.142 e. The lowest BCUT2D eigenvalue weighted by atomic mass is 10.1. The molecule has 1 aliphatic heterocycles. The minimum Gasteiger partial charge on any atom is -0.495 e. The van der Waals surface area contributed by atoms with Gasteiger partial charge in [0.1, 0.15) is 10.8 Å². The van der Waals surface area contributed by atoms with E-state index in [0.29, 0.717) is 0 Å². The minimum absolute atomic E-state index is 0.926. The number of thiazole rings is 1. The summed E-state index contributed by atoms with van der Waals surface area (Å²) in [5.41, 5.74) is 5.02. The lowest BCUT2D eigenvalue weighted by molar-refractivity contribution is 0.282. The molecule has 0 radical (unpaired) electrons. The number of aryl methyl sites for hydroxylation is 2. The van der Waals surface area contributed by atoms with Gasteiger partial charge in [-0.1, -0.05) is 43.3 Å². The molecule has 1 saturated heterocycles. The highest BCUT2D eigenvalue weighted by Gasteiger charge is 2.20. The van der Waals surface area contributed by atoms with E-state index in [1.54, 1.807) is 18.4 Å². The predicted molar refractivity (Wildman–Crippen MR) is 127 cm³/mol. The van der Waals surface area contributed by atoms with Gasteiger partial charge >= 0.3 is 0 Å². The van der Waals surface area contributed by atoms with E-state index in [1.165, 1.54) is 27.4 Å². The van der Waals surface area contributed by atoms with Crippen LogP contribution in [0.3, 0.4) is 0 Å². The number of anilines is 1. The summed E-state index contributed by atoms with van der Waals surface area (Å²) in [6.07, 6.45) is 2.19. The standard InChI is InChI=1S/C25H31N3OS/c1-4-20-11-12-24(29-3)23(17-20)28-14-8-13-27(15-16-28)18-22-19(2)30-25(26-22)21-9-6-5-7-10-21/h5-7,9-12,17H,4,8,13-16,18H2,1-3H3. The molecule has 5 heteroatoms. The summed E-state index contributed by atoms with van der Waals surface area (Å²) in [5.74, 6) is 0.975. The fourth-order valence-electron chi connectivity index (χ4n) is 4.06. The fraction of sp³-hybridized carbons (Fsp3) is 0.400. The Kier molecular flexibility index (Phi) is 6.70. The Bertz CT molecular complexity index is 970. The van der Waals surface area contributed by atoms with Crippen molar-refractivity contribution in [2.75, 3.05) is 38.2 Å². The van der Waals surface area contributed by atoms with Crippen molar-refractivity contribution in [2.45, 2.75) is 33.2 Å². The van der Waals surface area contributed by atoms with Crippen molar-refractivity contribution in [2.24, 2.45) is 0 Å². The van der Waals surface area contributed by atoms with Crippen LogP contribution in [-0.2, 0) is 13.0 Å². The van der Waals surface area contributed by atoms with Crippen LogP contribution in [0.15, 0.2) is 48.5 Å². The third-order valence-electron chi connectivity index (χ3n) is 5.87. The van der Waals surface area contributed by atoms with E-state index in [2.05, 4.69) is 72.2 Å². The molecule has 3 aromatic rings. The van der Waals surface area contributed by atoms with Crippen molar-refractivity contribution >= 4 is 17.0 Å². The summed E-state index contributed by atoms with van der Waals surface area (Å²) in [6.45, 7) is 9.54. The normalized spacial score (nSPS) is 15.2. The Hall–Kier alpha value is -2.37. The maximum atomic E-state index is 5.66. The Balaban J connectivity index is 1.45. The van der Waals surface area contributed by atoms with Crippen molar-refractivity contribution in [3.8, 4) is 16.3 Å². The van der Waals surface area contributed by atoms with E-state index in [0.717, 1.165) is 56.3 Å². The zero-order valence-electron chi connectivity index (χ0n) is 18.2. The molecule has 0 unspecified atom stereocenters. The van der Waals surface area contributed by atoms with Gasteiger partial charge in [-0.25, -0.2) is 4.98 Å². The molecule has 1 aliphatic rings. The van der Waals surface area contributed by atoms with Gasteiger partial charge in [0.15, 0.2) is 0 Å². The highest BCUT2D eigenvalue weighted by Crippen LogP contribution is 2.31. The SMILES string of the molecule is CCc1ccc(OC)c(N2CCCN(Cc3nc(-c4ccccc4)sc3C)CC2)c1. The molecule has 0 N–H and O–H groups in total. The molecule has 0 saturated carbocycles. The maximum Gasteiger partial charge on any atom is 0.142 e. The summed E-state index contributed by atoms with van der Waals surface area (Å²) in [6, 6.07) is 17.1. The van der Waals surface area contributed by atoms with E-state index < -0.39 is 0 Å². The largest absolute Gasteiger partial charge is 0.495 e. The van der Waals surface area contributed by atoms with E-state index >= 15 is 0 Å². The molecule has 158 valence electrons. The minimum atomic E-state index is 0.926. The highest BCUT2D eigenvalue weighted by molar-refractivity contribution is 7.15. The number of hydrogen-bond acceptors (Lipinski definition) is 5. The lowest BCUT2D eigenvalue weighted by Gasteiger charge is -2.26. The van der Waals surface area contributed by atoms with Crippen LogP contribution < -0.4 is 9.64 Å². The van der Waals surface area contributed by atoms with Gasteiger partial charge in [-0.2, -0.15) is 0 Å². The van der Waals surface area contributed by atoms with Crippen LogP contribution in [0.1, 0.15) is 29.5 Å². The van der Waals surface area contributed by atoms with Crippen LogP contribution in [0, 0.1) is 6.92 Å². The molecule has 4 rings (SSSR count). The van der Waals surface area contributed by atoms with Crippen molar-refractivity contribution < 1.29 is 4.74 Å². The molecule has 0 atom stereocenters. The first kappa shape index (κ1) is 20.9. The first-order chi connectivity index (χ1) is 14.7. The molecule has 0 spiro atoms. The zero-order valence-corrected chi connectivity index (χ0v) is 19.0. The molecule has 2 heterocycles. The summed E-state index contributed by atoms with van der Waals surface area (Å²) >= 11 is 1.80. The Morgan fingerprint density at radius 1 is 1.03 bits per heavy atom. The third-order valence-corrected chi connectivity index (χ3v) is 6.93. The Morgan fingerprint density at radius 3 is 2.63 bits per heavy atom. The molecular weight excluding hydrogens is 390 g/mol. The number of hydrogen-bond donors (Lipinski definition) is 0. The Labute approximate surface area is 184 Å². The quantitative estimate of drug-likeness (QED) is 0.533. The van der Waals surface area contributed by atoms with Crippen molar-refractivity contribution in [1.82, 2.24) is 9.88 Å². The van der Waals surface area contributed by atoms with Crippen LogP contribution in [0.25, 0.3) is 10.6 Å². The van der Waals surface area contributed by atoms with Crippen LogP contribution in [-0.4, -0.2) is 43.2 Å². The van der Waals surface area contributed by atoms with Gasteiger partial charge in [-0.05, 0) is 37.5 Å². The molecule has 2 aromatic carbocycles. The highest BCUT2D eigenvalue weighted by atomic mass is 32.1. The molecular formula is C25H31N3OS. The van der Waals surface area contributed by atoms with Crippen LogP contribution in [0.5, 0.6) is 5.75 Å². The molecule has 0 bridgehead atoms.